The van der Waals surface area contributed by atoms with Gasteiger partial charge in [0.1, 0.15) is 11.4 Å². The number of hydrogen-bond donors (Lipinski definition) is 3. The van der Waals surface area contributed by atoms with Crippen LogP contribution in [-0.2, 0) is 0 Å². The van der Waals surface area contributed by atoms with Crippen LogP contribution in [0.4, 0.5) is 11.5 Å². The highest BCUT2D eigenvalue weighted by Gasteiger charge is 2.25. The van der Waals surface area contributed by atoms with Crippen molar-refractivity contribution in [1.29, 1.82) is 0 Å². The maximum atomic E-state index is 12.8. The van der Waals surface area contributed by atoms with Crippen LogP contribution < -0.4 is 11.2 Å². The molecule has 2 aromatic carbocycles. The van der Waals surface area contributed by atoms with Crippen molar-refractivity contribution < 1.29 is 19.5 Å². The summed E-state index contributed by atoms with van der Waals surface area (Å²) in [6, 6.07) is 10.0. The summed E-state index contributed by atoms with van der Waals surface area (Å²) >= 11 is 3.28. The number of hydrazone groups is 1. The van der Waals surface area contributed by atoms with Crippen LogP contribution in [0.3, 0.4) is 0 Å². The van der Waals surface area contributed by atoms with Gasteiger partial charge in [0, 0.05) is 27.7 Å². The Kier molecular flexibility index (Phi) is 5.77. The molecule has 166 valence electrons. The number of phenols is 1. The molecule has 0 saturated carbocycles. The van der Waals surface area contributed by atoms with Crippen LogP contribution in [0.15, 0.2) is 56.7 Å². The fraction of sp³-hybridized carbons (Fsp3) is 0. The number of aromatic nitrogens is 5. The van der Waals surface area contributed by atoms with Gasteiger partial charge in [-0.2, -0.15) is 9.78 Å². The highest BCUT2D eigenvalue weighted by Crippen LogP contribution is 2.28. The van der Waals surface area contributed by atoms with Crippen molar-refractivity contribution in [2.45, 2.75) is 0 Å². The van der Waals surface area contributed by atoms with E-state index in [-0.39, 0.29) is 34.5 Å². The number of nitro benzene ring substituents is 1. The molecule has 0 aliphatic rings. The Morgan fingerprint density at radius 3 is 2.70 bits per heavy atom. The lowest BCUT2D eigenvalue weighted by Gasteiger charge is -2.06. The van der Waals surface area contributed by atoms with Gasteiger partial charge in [-0.1, -0.05) is 21.1 Å². The molecular weight excluding hydrogens is 502 g/mol. The van der Waals surface area contributed by atoms with Gasteiger partial charge < -0.3 is 10.8 Å². The molecule has 0 radical (unpaired) electrons. The molecule has 0 saturated heterocycles. The fourth-order valence-corrected chi connectivity index (χ4v) is 3.14. The molecule has 4 N–H and O–H groups in total. The van der Waals surface area contributed by atoms with Gasteiger partial charge in [-0.25, -0.2) is 10.1 Å². The Morgan fingerprint density at radius 1 is 1.27 bits per heavy atom. The number of hydrogen-bond acceptors (Lipinski definition) is 11. The monoisotopic (exact) mass is 513 g/mol. The number of nitrogen functional groups attached to an aromatic ring is 1. The van der Waals surface area contributed by atoms with Gasteiger partial charge in [-0.05, 0) is 40.6 Å². The van der Waals surface area contributed by atoms with E-state index in [0.29, 0.717) is 15.6 Å². The van der Waals surface area contributed by atoms with Crippen molar-refractivity contribution in [2.75, 3.05) is 5.73 Å². The van der Waals surface area contributed by atoms with Crippen molar-refractivity contribution in [3.8, 4) is 22.8 Å². The van der Waals surface area contributed by atoms with Gasteiger partial charge in [-0.15, -0.1) is 5.10 Å². The number of benzene rings is 2. The topological polar surface area (TPSA) is 200 Å². The maximum absolute atomic E-state index is 12.8. The van der Waals surface area contributed by atoms with E-state index in [2.05, 4.69) is 51.7 Å². The van der Waals surface area contributed by atoms with E-state index >= 15 is 0 Å². The number of nitrogens with two attached hydrogens (primary N) is 1. The minimum absolute atomic E-state index is 0.0301. The summed E-state index contributed by atoms with van der Waals surface area (Å²) in [5, 5.41) is 39.6. The molecule has 2 heterocycles. The molecule has 0 aliphatic heterocycles. The number of nitro groups is 1. The Bertz CT molecular complexity index is 1380. The average molecular weight is 514 g/mol. The lowest BCUT2D eigenvalue weighted by atomic mass is 10.1. The largest absolute Gasteiger partial charge is 0.507 e. The predicted octanol–water partition coefficient (Wildman–Crippen LogP) is 2.04. The van der Waals surface area contributed by atoms with Crippen molar-refractivity contribution in [3.63, 3.8) is 0 Å². The van der Waals surface area contributed by atoms with Gasteiger partial charge in [-0.3, -0.25) is 14.9 Å². The quantitative estimate of drug-likeness (QED) is 0.194. The third-order valence-corrected chi connectivity index (χ3v) is 4.79. The molecule has 33 heavy (non-hydrogen) atoms. The zero-order chi connectivity index (χ0) is 23.5. The lowest BCUT2D eigenvalue weighted by molar-refractivity contribution is -0.384. The first kappa shape index (κ1) is 21.6. The molecule has 0 aliphatic carbocycles. The number of anilines is 1. The predicted molar refractivity (Wildman–Crippen MR) is 117 cm³/mol. The van der Waals surface area contributed by atoms with Gasteiger partial charge in [0.25, 0.3) is 11.6 Å². The third kappa shape index (κ3) is 4.38. The van der Waals surface area contributed by atoms with Crippen LogP contribution in [0.5, 0.6) is 5.75 Å². The number of nitrogens with one attached hydrogen (secondary N) is 1. The van der Waals surface area contributed by atoms with E-state index in [1.54, 1.807) is 12.1 Å². The minimum atomic E-state index is -0.754. The molecular formula is C18H12BrN9O5. The number of rotatable bonds is 6. The SMILES string of the molecule is Nc1nonc1-n1nnc(C(=O)NN=Cc2cc(Br)ccc2O)c1-c1ccc([N+](=O)[O-])cc1. The molecule has 2 aromatic heterocycles. The van der Waals surface area contributed by atoms with Crippen LogP contribution in [-0.4, -0.2) is 47.5 Å². The van der Waals surface area contributed by atoms with E-state index < -0.39 is 10.8 Å². The third-order valence-electron chi connectivity index (χ3n) is 4.29. The van der Waals surface area contributed by atoms with Crippen LogP contribution in [0.2, 0.25) is 0 Å². The summed E-state index contributed by atoms with van der Waals surface area (Å²) in [7, 11) is 0. The number of carbonyl (C=O) groups is 1. The Hall–Kier alpha value is -4.66. The summed E-state index contributed by atoms with van der Waals surface area (Å²) in [5.74, 6) is -0.936. The van der Waals surface area contributed by atoms with E-state index in [4.69, 9.17) is 5.73 Å². The Morgan fingerprint density at radius 2 is 2.03 bits per heavy atom. The molecule has 0 spiro atoms. The first-order chi connectivity index (χ1) is 15.8. The van der Waals surface area contributed by atoms with Crippen molar-refractivity contribution >= 4 is 39.6 Å². The molecule has 0 unspecified atom stereocenters. The summed E-state index contributed by atoms with van der Waals surface area (Å²) in [6.07, 6.45) is 1.24. The van der Waals surface area contributed by atoms with Crippen LogP contribution in [0.25, 0.3) is 17.1 Å². The minimum Gasteiger partial charge on any atom is -0.507 e. The first-order valence-corrected chi connectivity index (χ1v) is 9.75. The van der Waals surface area contributed by atoms with Crippen LogP contribution in [0, 0.1) is 10.1 Å². The molecule has 1 amide bonds. The number of carbonyl (C=O) groups excluding carboxylic acids is 1. The summed E-state index contributed by atoms with van der Waals surface area (Å²) in [4.78, 5) is 23.2. The van der Waals surface area contributed by atoms with E-state index in [0.717, 1.165) is 4.68 Å². The molecule has 0 fully saturated rings. The second-order valence-electron chi connectivity index (χ2n) is 6.38. The van der Waals surface area contributed by atoms with Gasteiger partial charge >= 0.3 is 0 Å². The van der Waals surface area contributed by atoms with Crippen molar-refractivity contribution in [3.05, 3.63) is 68.3 Å². The fourth-order valence-electron chi connectivity index (χ4n) is 2.76. The number of aromatic hydroxyl groups is 1. The summed E-state index contributed by atoms with van der Waals surface area (Å²) in [5.41, 5.74) is 8.53. The number of non-ortho nitro benzene ring substituents is 1. The average Bonchev–Trinajstić information content (AvgIpc) is 3.42. The van der Waals surface area contributed by atoms with E-state index in [1.807, 2.05) is 0 Å². The Balaban J connectivity index is 1.70. The molecule has 4 rings (SSSR count). The molecule has 0 bridgehead atoms. The summed E-state index contributed by atoms with van der Waals surface area (Å²) < 4.78 is 6.41. The standard InChI is InChI=1S/C18H12BrN9O5/c19-11-3-6-13(29)10(7-11)8-21-23-18(30)14-15(9-1-4-12(5-2-9)28(31)32)27(26-22-14)17-16(20)24-33-25-17/h1-8,29H,(H2,20,24)(H,23,30). The van der Waals surface area contributed by atoms with Gasteiger partial charge in [0.05, 0.1) is 11.1 Å². The van der Waals surface area contributed by atoms with Crippen LogP contribution in [0.1, 0.15) is 16.1 Å². The second-order valence-corrected chi connectivity index (χ2v) is 7.29. The molecule has 15 heteroatoms. The summed E-state index contributed by atoms with van der Waals surface area (Å²) in [6.45, 7) is 0. The van der Waals surface area contributed by atoms with Crippen LogP contribution >= 0.6 is 15.9 Å². The number of halogens is 1. The van der Waals surface area contributed by atoms with E-state index in [9.17, 15) is 20.0 Å². The molecule has 4 aromatic rings. The molecule has 14 nitrogen and oxygen atoms in total. The van der Waals surface area contributed by atoms with Crippen molar-refractivity contribution in [2.24, 2.45) is 5.10 Å². The van der Waals surface area contributed by atoms with Crippen molar-refractivity contribution in [1.82, 2.24) is 30.7 Å². The number of phenolic OH excluding ortho intramolecular Hbond substituents is 1. The Labute approximate surface area is 191 Å². The molecule has 0 atom stereocenters. The van der Waals surface area contributed by atoms with E-state index in [1.165, 1.54) is 36.5 Å². The normalized spacial score (nSPS) is 11.1. The van der Waals surface area contributed by atoms with Gasteiger partial charge in [0.2, 0.25) is 11.6 Å². The number of nitrogens with zero attached hydrogens (tertiary/aromatic N) is 7. The zero-order valence-electron chi connectivity index (χ0n) is 16.3. The first-order valence-electron chi connectivity index (χ1n) is 8.96. The maximum Gasteiger partial charge on any atom is 0.294 e. The highest BCUT2D eigenvalue weighted by molar-refractivity contribution is 9.10. The second kappa shape index (κ2) is 8.83. The number of amides is 1. The zero-order valence-corrected chi connectivity index (χ0v) is 17.9. The highest BCUT2D eigenvalue weighted by atomic mass is 79.9. The smallest absolute Gasteiger partial charge is 0.294 e. The lowest BCUT2D eigenvalue weighted by Crippen LogP contribution is -2.19. The van der Waals surface area contributed by atoms with Gasteiger partial charge in [0.15, 0.2) is 5.69 Å².